The van der Waals surface area contributed by atoms with E-state index in [1.165, 1.54) is 6.20 Å². The van der Waals surface area contributed by atoms with Crippen molar-refractivity contribution in [3.63, 3.8) is 0 Å². The van der Waals surface area contributed by atoms with E-state index in [1.54, 1.807) is 19.9 Å². The number of benzene rings is 1. The Hall–Kier alpha value is -1.66. The molecule has 0 amide bonds. The fraction of sp³-hybridized carbons (Fsp3) is 0.214. The van der Waals surface area contributed by atoms with Crippen LogP contribution in [0.3, 0.4) is 0 Å². The number of hydrogen-bond donors (Lipinski definition) is 1. The van der Waals surface area contributed by atoms with Crippen LogP contribution in [0.15, 0.2) is 28.9 Å². The number of nitrogens with one attached hydrogen (secondary N) is 1. The summed E-state index contributed by atoms with van der Waals surface area (Å²) in [7, 11) is 0. The zero-order valence-corrected chi connectivity index (χ0v) is 13.8. The molecular weight excluding hydrogens is 358 g/mol. The molecule has 1 N–H and O–H groups in total. The number of nitro groups is 1. The Kier molecular flexibility index (Phi) is 4.80. The number of anilines is 1. The van der Waals surface area contributed by atoms with Gasteiger partial charge in [0.15, 0.2) is 0 Å². The summed E-state index contributed by atoms with van der Waals surface area (Å²) >= 11 is 9.42. The second kappa shape index (κ2) is 6.41. The van der Waals surface area contributed by atoms with Gasteiger partial charge in [-0.05, 0) is 41.9 Å². The largest absolute Gasteiger partial charge is 0.378 e. The zero-order chi connectivity index (χ0) is 15.6. The molecule has 0 aliphatic rings. The third-order valence-corrected chi connectivity index (χ3v) is 4.55. The summed E-state index contributed by atoms with van der Waals surface area (Å²) in [6.45, 7) is 3.77. The van der Waals surface area contributed by atoms with Gasteiger partial charge in [-0.1, -0.05) is 17.7 Å². The summed E-state index contributed by atoms with van der Waals surface area (Å²) in [4.78, 5) is 15.0. The van der Waals surface area contributed by atoms with Gasteiger partial charge in [0.1, 0.15) is 0 Å². The van der Waals surface area contributed by atoms with Crippen LogP contribution in [0.4, 0.5) is 11.4 Å². The average Bonchev–Trinajstić information content (AvgIpc) is 2.42. The van der Waals surface area contributed by atoms with E-state index in [9.17, 15) is 10.1 Å². The number of rotatable bonds is 4. The predicted molar refractivity (Wildman–Crippen MR) is 86.8 cm³/mol. The average molecular weight is 371 g/mol. The number of halogens is 2. The fourth-order valence-electron chi connectivity index (χ4n) is 2.04. The van der Waals surface area contributed by atoms with Crippen molar-refractivity contribution >= 4 is 38.9 Å². The number of pyridine rings is 1. The summed E-state index contributed by atoms with van der Waals surface area (Å²) in [6, 6.07) is 5.47. The first-order valence-corrected chi connectivity index (χ1v) is 7.36. The Morgan fingerprint density at radius 3 is 2.81 bits per heavy atom. The molecule has 0 aliphatic carbocycles. The minimum absolute atomic E-state index is 0.118. The summed E-state index contributed by atoms with van der Waals surface area (Å²) in [5.74, 6) is 0. The van der Waals surface area contributed by atoms with E-state index >= 15 is 0 Å². The first-order valence-electron chi connectivity index (χ1n) is 6.19. The van der Waals surface area contributed by atoms with Gasteiger partial charge in [-0.2, -0.15) is 0 Å². The van der Waals surface area contributed by atoms with Crippen LogP contribution in [-0.2, 0) is 6.54 Å². The smallest absolute Gasteiger partial charge is 0.278 e. The Labute approximate surface area is 135 Å². The molecule has 5 nitrogen and oxygen atoms in total. The lowest BCUT2D eigenvalue weighted by molar-refractivity contribution is -0.386. The van der Waals surface area contributed by atoms with Gasteiger partial charge in [-0.25, -0.2) is 0 Å². The molecule has 0 fully saturated rings. The highest BCUT2D eigenvalue weighted by Crippen LogP contribution is 2.31. The second-order valence-corrected chi connectivity index (χ2v) is 5.77. The molecule has 1 heterocycles. The molecule has 2 aromatic rings. The molecule has 2 rings (SSSR count). The molecular formula is C14H13BrClN3O2. The van der Waals surface area contributed by atoms with E-state index < -0.39 is 0 Å². The van der Waals surface area contributed by atoms with Gasteiger partial charge in [0, 0.05) is 11.8 Å². The molecule has 21 heavy (non-hydrogen) atoms. The van der Waals surface area contributed by atoms with Crippen LogP contribution in [0.1, 0.15) is 16.8 Å². The molecule has 0 saturated heterocycles. The Morgan fingerprint density at radius 2 is 2.14 bits per heavy atom. The summed E-state index contributed by atoms with van der Waals surface area (Å²) in [5.41, 5.74) is 2.70. The molecule has 0 atom stereocenters. The normalized spacial score (nSPS) is 10.5. The molecule has 0 spiro atoms. The van der Waals surface area contributed by atoms with Crippen LogP contribution in [0, 0.1) is 24.0 Å². The second-order valence-electron chi connectivity index (χ2n) is 4.57. The molecule has 7 heteroatoms. The van der Waals surface area contributed by atoms with Crippen molar-refractivity contribution in [2.45, 2.75) is 20.4 Å². The van der Waals surface area contributed by atoms with Crippen LogP contribution in [0.5, 0.6) is 0 Å². The molecule has 1 aromatic heterocycles. The molecule has 0 radical (unpaired) electrons. The molecule has 110 valence electrons. The van der Waals surface area contributed by atoms with Crippen molar-refractivity contribution in [1.82, 2.24) is 4.98 Å². The van der Waals surface area contributed by atoms with Gasteiger partial charge >= 0.3 is 0 Å². The van der Waals surface area contributed by atoms with Gasteiger partial charge in [-0.3, -0.25) is 15.1 Å². The third kappa shape index (κ3) is 3.33. The first-order chi connectivity index (χ1) is 9.91. The van der Waals surface area contributed by atoms with Crippen LogP contribution >= 0.6 is 27.5 Å². The van der Waals surface area contributed by atoms with Crippen molar-refractivity contribution in [1.29, 1.82) is 0 Å². The van der Waals surface area contributed by atoms with E-state index in [0.29, 0.717) is 28.4 Å². The maximum atomic E-state index is 11.1. The molecule has 1 aromatic carbocycles. The van der Waals surface area contributed by atoms with Gasteiger partial charge in [0.05, 0.1) is 37.9 Å². The molecule has 0 bridgehead atoms. The van der Waals surface area contributed by atoms with E-state index in [0.717, 1.165) is 10.2 Å². The lowest BCUT2D eigenvalue weighted by Crippen LogP contribution is -2.07. The summed E-state index contributed by atoms with van der Waals surface area (Å²) in [6.07, 6.45) is 1.52. The zero-order valence-electron chi connectivity index (χ0n) is 11.5. The highest BCUT2D eigenvalue weighted by Gasteiger charge is 2.18. The molecule has 0 saturated carbocycles. The lowest BCUT2D eigenvalue weighted by Gasteiger charge is -2.11. The predicted octanol–water partition coefficient (Wildman–Crippen LogP) is 4.63. The van der Waals surface area contributed by atoms with Gasteiger partial charge in [0.2, 0.25) is 0 Å². The summed E-state index contributed by atoms with van der Waals surface area (Å²) in [5, 5.41) is 14.9. The Balaban J connectivity index is 2.27. The highest BCUT2D eigenvalue weighted by molar-refractivity contribution is 9.10. The van der Waals surface area contributed by atoms with Crippen LogP contribution in [0.2, 0.25) is 5.02 Å². The minimum atomic E-state index is -0.370. The van der Waals surface area contributed by atoms with Crippen LogP contribution in [0.25, 0.3) is 0 Å². The fourth-order valence-corrected chi connectivity index (χ4v) is 2.62. The van der Waals surface area contributed by atoms with E-state index in [-0.39, 0.29) is 10.6 Å². The van der Waals surface area contributed by atoms with Crippen molar-refractivity contribution in [3.8, 4) is 0 Å². The summed E-state index contributed by atoms with van der Waals surface area (Å²) < 4.78 is 0.755. The van der Waals surface area contributed by atoms with Gasteiger partial charge < -0.3 is 5.32 Å². The number of aryl methyl sites for hydroxylation is 1. The first kappa shape index (κ1) is 15.7. The van der Waals surface area contributed by atoms with Crippen molar-refractivity contribution in [3.05, 3.63) is 60.8 Å². The monoisotopic (exact) mass is 369 g/mol. The number of nitrogens with zero attached hydrogens (tertiary/aromatic N) is 2. The standard InChI is InChI=1S/C14H13BrClN3O2/c1-8-6-17-12(9(2)14(8)19(20)21)7-18-11-5-3-4-10(16)13(11)15/h3-6,18H,7H2,1-2H3. The van der Waals surface area contributed by atoms with Gasteiger partial charge in [-0.15, -0.1) is 0 Å². The van der Waals surface area contributed by atoms with Crippen LogP contribution in [-0.4, -0.2) is 9.91 Å². The minimum Gasteiger partial charge on any atom is -0.378 e. The van der Waals surface area contributed by atoms with Crippen molar-refractivity contribution in [2.75, 3.05) is 5.32 Å². The molecule has 0 unspecified atom stereocenters. The quantitative estimate of drug-likeness (QED) is 0.629. The third-order valence-electron chi connectivity index (χ3n) is 3.16. The SMILES string of the molecule is Cc1cnc(CNc2cccc(Cl)c2Br)c(C)c1[N+](=O)[O-]. The van der Waals surface area contributed by atoms with E-state index in [4.69, 9.17) is 11.6 Å². The maximum absolute atomic E-state index is 11.1. The highest BCUT2D eigenvalue weighted by atomic mass is 79.9. The number of aromatic nitrogens is 1. The topological polar surface area (TPSA) is 68.1 Å². The lowest BCUT2D eigenvalue weighted by atomic mass is 10.1. The maximum Gasteiger partial charge on any atom is 0.278 e. The number of hydrogen-bond acceptors (Lipinski definition) is 4. The Bertz CT molecular complexity index is 707. The molecule has 0 aliphatic heterocycles. The van der Waals surface area contributed by atoms with E-state index in [2.05, 4.69) is 26.2 Å². The van der Waals surface area contributed by atoms with Gasteiger partial charge in [0.25, 0.3) is 5.69 Å². The van der Waals surface area contributed by atoms with Crippen molar-refractivity contribution < 1.29 is 4.92 Å². The van der Waals surface area contributed by atoms with Crippen LogP contribution < -0.4 is 5.32 Å². The Morgan fingerprint density at radius 1 is 1.43 bits per heavy atom. The van der Waals surface area contributed by atoms with E-state index in [1.807, 2.05) is 12.1 Å². The van der Waals surface area contributed by atoms with Crippen molar-refractivity contribution in [2.24, 2.45) is 0 Å².